The maximum Gasteiger partial charge on any atom is 0.413 e. The van der Waals surface area contributed by atoms with Gasteiger partial charge in [-0.25, -0.2) is 0 Å². The Morgan fingerprint density at radius 1 is 1.22 bits per heavy atom. The lowest BCUT2D eigenvalue weighted by atomic mass is 10.3. The van der Waals surface area contributed by atoms with Crippen LogP contribution < -0.4 is 0 Å². The molecule has 0 aromatic heterocycles. The minimum atomic E-state index is -1.25. The van der Waals surface area contributed by atoms with Crippen molar-refractivity contribution in [2.24, 2.45) is 0 Å². The van der Waals surface area contributed by atoms with Gasteiger partial charge in [-0.05, 0) is 25.9 Å². The van der Waals surface area contributed by atoms with E-state index in [9.17, 15) is 0 Å². The molecule has 0 amide bonds. The van der Waals surface area contributed by atoms with Crippen molar-refractivity contribution in [1.29, 1.82) is 0 Å². The predicted octanol–water partition coefficient (Wildman–Crippen LogP) is 0.358. The van der Waals surface area contributed by atoms with E-state index in [2.05, 4.69) is 0 Å². The lowest BCUT2D eigenvalue weighted by Gasteiger charge is -2.26. The first-order valence-electron chi connectivity index (χ1n) is 6.02. The standard InChI is InChI=1S/C9H18O6Si3/c1-17-12-9(13-18(2)15-16-14-17)4-3-5-10-6-8-7-11-8/h8-9H,3-7H2,1-2H3. The number of rotatable bonds is 6. The van der Waals surface area contributed by atoms with Gasteiger partial charge >= 0.3 is 28.6 Å². The van der Waals surface area contributed by atoms with Gasteiger partial charge in [-0.2, -0.15) is 0 Å². The molecule has 1 unspecified atom stereocenters. The molecule has 4 radical (unpaired) electrons. The zero-order chi connectivity index (χ0) is 12.8. The van der Waals surface area contributed by atoms with Crippen LogP contribution in [0, 0.1) is 0 Å². The first-order valence-corrected chi connectivity index (χ1v) is 10.5. The third-order valence-corrected chi connectivity index (χ3v) is 6.56. The lowest BCUT2D eigenvalue weighted by Crippen LogP contribution is -2.39. The van der Waals surface area contributed by atoms with Gasteiger partial charge in [0.05, 0.1) is 13.2 Å². The van der Waals surface area contributed by atoms with E-state index in [1.165, 1.54) is 0 Å². The number of ether oxygens (including phenoxy) is 2. The van der Waals surface area contributed by atoms with E-state index in [1.54, 1.807) is 0 Å². The summed E-state index contributed by atoms with van der Waals surface area (Å²) in [5, 5.41) is 0. The van der Waals surface area contributed by atoms with Crippen molar-refractivity contribution in [3.63, 3.8) is 0 Å². The third-order valence-electron chi connectivity index (χ3n) is 2.40. The van der Waals surface area contributed by atoms with Crippen LogP contribution in [0.2, 0.25) is 13.1 Å². The largest absolute Gasteiger partial charge is 0.413 e. The van der Waals surface area contributed by atoms with Gasteiger partial charge in [0.15, 0.2) is 0 Å². The van der Waals surface area contributed by atoms with E-state index in [0.717, 1.165) is 19.4 Å². The van der Waals surface area contributed by atoms with E-state index in [1.807, 2.05) is 13.1 Å². The van der Waals surface area contributed by atoms with Crippen molar-refractivity contribution >= 4 is 28.6 Å². The van der Waals surface area contributed by atoms with Crippen LogP contribution in [0.4, 0.5) is 0 Å². The molecule has 2 saturated heterocycles. The molecule has 2 rings (SSSR count). The van der Waals surface area contributed by atoms with E-state index >= 15 is 0 Å². The Morgan fingerprint density at radius 2 is 1.89 bits per heavy atom. The van der Waals surface area contributed by atoms with Crippen LogP contribution in [0.3, 0.4) is 0 Å². The topological polar surface area (TPSA) is 58.7 Å². The summed E-state index contributed by atoms with van der Waals surface area (Å²) < 4.78 is 32.9. The van der Waals surface area contributed by atoms with Crippen LogP contribution in [0.1, 0.15) is 12.8 Å². The molecule has 2 aliphatic heterocycles. The quantitative estimate of drug-likeness (QED) is 0.401. The van der Waals surface area contributed by atoms with Crippen molar-refractivity contribution in [3.8, 4) is 0 Å². The van der Waals surface area contributed by atoms with Crippen molar-refractivity contribution in [2.45, 2.75) is 38.3 Å². The van der Waals surface area contributed by atoms with Gasteiger partial charge in [0, 0.05) is 6.61 Å². The van der Waals surface area contributed by atoms with Gasteiger partial charge in [-0.15, -0.1) is 0 Å². The van der Waals surface area contributed by atoms with Crippen LogP contribution in [0.5, 0.6) is 0 Å². The molecular formula is C9H18O6Si3. The minimum Gasteiger partial charge on any atom is -0.413 e. The molecule has 0 spiro atoms. The zero-order valence-corrected chi connectivity index (χ0v) is 13.6. The molecule has 0 N–H and O–H groups in total. The first kappa shape index (κ1) is 14.8. The highest BCUT2D eigenvalue weighted by Gasteiger charge is 2.26. The first-order chi connectivity index (χ1) is 8.74. The molecule has 102 valence electrons. The Kier molecular flexibility index (Phi) is 6.48. The fraction of sp³-hybridized carbons (Fsp3) is 1.00. The van der Waals surface area contributed by atoms with Crippen LogP contribution in [0.25, 0.3) is 0 Å². The molecule has 0 aromatic carbocycles. The Hall–Kier alpha value is 0.411. The highest BCUT2D eigenvalue weighted by molar-refractivity contribution is 6.56. The van der Waals surface area contributed by atoms with Crippen LogP contribution in [-0.2, 0) is 26.6 Å². The number of hydrogen-bond acceptors (Lipinski definition) is 6. The lowest BCUT2D eigenvalue weighted by molar-refractivity contribution is -0.0376. The summed E-state index contributed by atoms with van der Waals surface area (Å²) in [5.41, 5.74) is 0. The van der Waals surface area contributed by atoms with Crippen LogP contribution >= 0.6 is 0 Å². The third kappa shape index (κ3) is 6.04. The zero-order valence-electron chi connectivity index (χ0n) is 10.6. The highest BCUT2D eigenvalue weighted by Crippen LogP contribution is 2.12. The van der Waals surface area contributed by atoms with Crippen LogP contribution in [-0.4, -0.2) is 60.8 Å². The molecular weight excluding hydrogens is 288 g/mol. The smallest absolute Gasteiger partial charge is 0.413 e. The van der Waals surface area contributed by atoms with E-state index < -0.39 is 18.6 Å². The molecule has 0 bridgehead atoms. The summed E-state index contributed by atoms with van der Waals surface area (Å²) in [6.07, 6.45) is 1.83. The molecule has 9 heteroatoms. The maximum absolute atomic E-state index is 5.73. The molecule has 6 nitrogen and oxygen atoms in total. The fourth-order valence-corrected chi connectivity index (χ4v) is 4.46. The summed E-state index contributed by atoms with van der Waals surface area (Å²) in [7, 11) is -2.45. The SMILES string of the molecule is C[Si]1O[Si]O[Si](C)OC(CCCOCC2CO2)O1. The molecule has 0 aliphatic carbocycles. The van der Waals surface area contributed by atoms with Gasteiger partial charge < -0.3 is 26.6 Å². The molecule has 18 heavy (non-hydrogen) atoms. The fourth-order valence-electron chi connectivity index (χ4n) is 1.43. The highest BCUT2D eigenvalue weighted by atomic mass is 28.4. The summed E-state index contributed by atoms with van der Waals surface area (Å²) in [4.78, 5) is 0. The van der Waals surface area contributed by atoms with Gasteiger partial charge in [0.25, 0.3) is 0 Å². The van der Waals surface area contributed by atoms with Gasteiger partial charge in [-0.1, -0.05) is 0 Å². The van der Waals surface area contributed by atoms with Crippen molar-refractivity contribution in [2.75, 3.05) is 19.8 Å². The number of hydrogen-bond donors (Lipinski definition) is 0. The molecule has 2 aliphatic rings. The van der Waals surface area contributed by atoms with Gasteiger partial charge in [0.2, 0.25) is 0 Å². The van der Waals surface area contributed by atoms with Crippen molar-refractivity contribution in [1.82, 2.24) is 0 Å². The summed E-state index contributed by atoms with van der Waals surface area (Å²) in [6, 6.07) is 0. The Bertz CT molecular complexity index is 230. The minimum absolute atomic E-state index is 0.0489. The van der Waals surface area contributed by atoms with Crippen molar-refractivity contribution in [3.05, 3.63) is 0 Å². The second-order valence-corrected chi connectivity index (χ2v) is 8.35. The predicted molar refractivity (Wildman–Crippen MR) is 66.9 cm³/mol. The summed E-state index contributed by atoms with van der Waals surface area (Å²) in [6.45, 7) is 6.15. The monoisotopic (exact) mass is 306 g/mol. The second-order valence-electron chi connectivity index (χ2n) is 4.11. The van der Waals surface area contributed by atoms with E-state index in [4.69, 9.17) is 26.6 Å². The average Bonchev–Trinajstić information content (AvgIpc) is 3.10. The molecule has 1 atom stereocenters. The molecule has 2 heterocycles. The van der Waals surface area contributed by atoms with Gasteiger partial charge in [0.1, 0.15) is 12.4 Å². The Morgan fingerprint density at radius 3 is 2.50 bits per heavy atom. The Labute approximate surface area is 114 Å². The van der Waals surface area contributed by atoms with E-state index in [-0.39, 0.29) is 16.3 Å². The van der Waals surface area contributed by atoms with E-state index in [0.29, 0.717) is 19.3 Å². The average molecular weight is 306 g/mol. The second kappa shape index (κ2) is 7.87. The molecule has 2 fully saturated rings. The van der Waals surface area contributed by atoms with Crippen molar-refractivity contribution < 1.29 is 26.6 Å². The summed E-state index contributed by atoms with van der Waals surface area (Å²) in [5.74, 6) is 0. The maximum atomic E-state index is 5.73. The molecule has 0 aromatic rings. The Balaban J connectivity index is 1.58. The van der Waals surface area contributed by atoms with Gasteiger partial charge in [-0.3, -0.25) is 0 Å². The summed E-state index contributed by atoms with van der Waals surface area (Å²) >= 11 is 0. The number of epoxide rings is 1. The normalized spacial score (nSPS) is 28.0. The van der Waals surface area contributed by atoms with Crippen LogP contribution in [0.15, 0.2) is 0 Å². The molecule has 0 saturated carbocycles.